The molecule has 0 atom stereocenters. The molecule has 0 aromatic carbocycles. The smallest absolute Gasteiger partial charge is 0.181 e. The summed E-state index contributed by atoms with van der Waals surface area (Å²) in [5, 5.41) is 3.42. The Kier molecular flexibility index (Phi) is 2.45. The van der Waals surface area contributed by atoms with E-state index in [1.54, 1.807) is 12.1 Å². The summed E-state index contributed by atoms with van der Waals surface area (Å²) in [5.41, 5.74) is 0.0754. The minimum atomic E-state index is 0.0754. The number of aromatic nitrogens is 1. The molecule has 0 unspecified atom stereocenters. The quantitative estimate of drug-likeness (QED) is 0.732. The van der Waals surface area contributed by atoms with Gasteiger partial charge in [0.2, 0.25) is 0 Å². The van der Waals surface area contributed by atoms with Gasteiger partial charge in [0.15, 0.2) is 5.43 Å². The first kappa shape index (κ1) is 8.51. The van der Waals surface area contributed by atoms with Crippen LogP contribution >= 0.6 is 0 Å². The number of rotatable bonds is 4. The minimum absolute atomic E-state index is 0.0754. The fourth-order valence-electron chi connectivity index (χ4n) is 1.28. The lowest BCUT2D eigenvalue weighted by atomic mass is 10.4. The van der Waals surface area contributed by atoms with E-state index in [9.17, 15) is 4.79 Å². The zero-order valence-electron chi connectivity index (χ0n) is 7.57. The predicted octanol–water partition coefficient (Wildman–Crippen LogP) is 0.600. The average Bonchev–Trinajstić information content (AvgIpc) is 2.92. The third-order valence-corrected chi connectivity index (χ3v) is 2.24. The van der Waals surface area contributed by atoms with Crippen molar-refractivity contribution < 1.29 is 0 Å². The summed E-state index contributed by atoms with van der Waals surface area (Å²) in [6.07, 6.45) is 6.31. The van der Waals surface area contributed by atoms with Crippen molar-refractivity contribution in [2.75, 3.05) is 6.54 Å². The van der Waals surface area contributed by atoms with Gasteiger partial charge < -0.3 is 9.88 Å². The predicted molar refractivity (Wildman–Crippen MR) is 51.7 cm³/mol. The molecule has 0 radical (unpaired) electrons. The summed E-state index contributed by atoms with van der Waals surface area (Å²) in [6, 6.07) is 3.95. The van der Waals surface area contributed by atoms with Crippen molar-refractivity contribution in [3.05, 3.63) is 34.7 Å². The van der Waals surface area contributed by atoms with Crippen molar-refractivity contribution >= 4 is 0 Å². The van der Waals surface area contributed by atoms with Gasteiger partial charge in [0.05, 0.1) is 0 Å². The Hall–Kier alpha value is -1.09. The van der Waals surface area contributed by atoms with Crippen molar-refractivity contribution in [3.8, 4) is 0 Å². The van der Waals surface area contributed by atoms with Crippen molar-refractivity contribution in [2.24, 2.45) is 0 Å². The first-order valence-corrected chi connectivity index (χ1v) is 4.74. The zero-order chi connectivity index (χ0) is 9.10. The normalized spacial score (nSPS) is 16.0. The van der Waals surface area contributed by atoms with Crippen LogP contribution in [0, 0.1) is 0 Å². The van der Waals surface area contributed by atoms with Crippen LogP contribution in [0.2, 0.25) is 0 Å². The first-order chi connectivity index (χ1) is 6.34. The molecule has 3 nitrogen and oxygen atoms in total. The molecule has 0 bridgehead atoms. The Morgan fingerprint density at radius 1 is 1.38 bits per heavy atom. The molecule has 2 rings (SSSR count). The molecular weight excluding hydrogens is 164 g/mol. The summed E-state index contributed by atoms with van der Waals surface area (Å²) in [7, 11) is 0. The van der Waals surface area contributed by atoms with Gasteiger partial charge in [0, 0.05) is 43.7 Å². The van der Waals surface area contributed by atoms with Gasteiger partial charge in [-0.05, 0) is 12.8 Å². The SMILES string of the molecule is O=c1ccn(CCNC2CC2)cc1. The lowest BCUT2D eigenvalue weighted by Gasteiger charge is -2.05. The van der Waals surface area contributed by atoms with Crippen LogP contribution in [-0.4, -0.2) is 17.2 Å². The highest BCUT2D eigenvalue weighted by molar-refractivity contribution is 4.93. The summed E-state index contributed by atoms with van der Waals surface area (Å²) in [6.45, 7) is 1.93. The van der Waals surface area contributed by atoms with Crippen LogP contribution in [-0.2, 0) is 6.54 Å². The van der Waals surface area contributed by atoms with Gasteiger partial charge in [-0.2, -0.15) is 0 Å². The van der Waals surface area contributed by atoms with Crippen molar-refractivity contribution in [2.45, 2.75) is 25.4 Å². The lowest BCUT2D eigenvalue weighted by molar-refractivity contribution is 0.592. The van der Waals surface area contributed by atoms with E-state index in [2.05, 4.69) is 5.32 Å². The van der Waals surface area contributed by atoms with Crippen LogP contribution in [0.5, 0.6) is 0 Å². The molecule has 0 saturated heterocycles. The minimum Gasteiger partial charge on any atom is -0.353 e. The number of hydrogen-bond acceptors (Lipinski definition) is 2. The molecule has 0 aliphatic heterocycles. The molecule has 1 fully saturated rings. The maximum absolute atomic E-state index is 10.8. The third-order valence-electron chi connectivity index (χ3n) is 2.24. The topological polar surface area (TPSA) is 34.0 Å². The fraction of sp³-hybridized carbons (Fsp3) is 0.500. The van der Waals surface area contributed by atoms with Gasteiger partial charge in [-0.1, -0.05) is 0 Å². The molecule has 1 heterocycles. The second kappa shape index (κ2) is 3.75. The number of nitrogens with zero attached hydrogens (tertiary/aromatic N) is 1. The van der Waals surface area contributed by atoms with Gasteiger partial charge in [-0.3, -0.25) is 4.79 Å². The largest absolute Gasteiger partial charge is 0.353 e. The molecule has 0 spiro atoms. The van der Waals surface area contributed by atoms with E-state index in [4.69, 9.17) is 0 Å². The maximum atomic E-state index is 10.8. The van der Waals surface area contributed by atoms with Gasteiger partial charge in [0.25, 0.3) is 0 Å². The highest BCUT2D eigenvalue weighted by Gasteiger charge is 2.19. The Labute approximate surface area is 77.4 Å². The Bertz CT molecular complexity index is 307. The molecule has 13 heavy (non-hydrogen) atoms. The molecule has 1 saturated carbocycles. The molecule has 1 aliphatic rings. The molecule has 1 aliphatic carbocycles. The molecule has 0 amide bonds. The molecule has 1 N–H and O–H groups in total. The molecule has 1 aromatic heterocycles. The van der Waals surface area contributed by atoms with Gasteiger partial charge in [-0.15, -0.1) is 0 Å². The van der Waals surface area contributed by atoms with E-state index in [-0.39, 0.29) is 5.43 Å². The molecular formula is C10H14N2O. The van der Waals surface area contributed by atoms with E-state index in [0.717, 1.165) is 19.1 Å². The third kappa shape index (κ3) is 2.70. The average molecular weight is 178 g/mol. The van der Waals surface area contributed by atoms with Crippen molar-refractivity contribution in [1.82, 2.24) is 9.88 Å². The maximum Gasteiger partial charge on any atom is 0.181 e. The highest BCUT2D eigenvalue weighted by atomic mass is 16.1. The van der Waals surface area contributed by atoms with Crippen molar-refractivity contribution in [3.63, 3.8) is 0 Å². The van der Waals surface area contributed by atoms with E-state index in [1.165, 1.54) is 12.8 Å². The molecule has 70 valence electrons. The van der Waals surface area contributed by atoms with Crippen molar-refractivity contribution in [1.29, 1.82) is 0 Å². The van der Waals surface area contributed by atoms with E-state index < -0.39 is 0 Å². The standard InChI is InChI=1S/C10H14N2O/c13-10-3-6-12(7-4-10)8-5-11-9-1-2-9/h3-4,6-7,9,11H,1-2,5,8H2. The van der Waals surface area contributed by atoms with Crippen LogP contribution in [0.3, 0.4) is 0 Å². The fourth-order valence-corrected chi connectivity index (χ4v) is 1.28. The monoisotopic (exact) mass is 178 g/mol. The highest BCUT2D eigenvalue weighted by Crippen LogP contribution is 2.17. The summed E-state index contributed by atoms with van der Waals surface area (Å²) in [5.74, 6) is 0. The van der Waals surface area contributed by atoms with E-state index >= 15 is 0 Å². The van der Waals surface area contributed by atoms with E-state index in [0.29, 0.717) is 0 Å². The number of pyridine rings is 1. The van der Waals surface area contributed by atoms with Crippen LogP contribution in [0.15, 0.2) is 29.3 Å². The first-order valence-electron chi connectivity index (χ1n) is 4.74. The zero-order valence-corrected chi connectivity index (χ0v) is 7.57. The Balaban J connectivity index is 1.79. The molecule has 1 aromatic rings. The van der Waals surface area contributed by atoms with E-state index in [1.807, 2.05) is 17.0 Å². The van der Waals surface area contributed by atoms with Gasteiger partial charge in [0.1, 0.15) is 0 Å². The molecule has 3 heteroatoms. The summed E-state index contributed by atoms with van der Waals surface area (Å²) in [4.78, 5) is 10.8. The second-order valence-electron chi connectivity index (χ2n) is 3.50. The van der Waals surface area contributed by atoms with Gasteiger partial charge >= 0.3 is 0 Å². The van der Waals surface area contributed by atoms with Crippen LogP contribution in [0.25, 0.3) is 0 Å². The lowest BCUT2D eigenvalue weighted by Crippen LogP contribution is -2.22. The Morgan fingerprint density at radius 3 is 2.69 bits per heavy atom. The Morgan fingerprint density at radius 2 is 2.08 bits per heavy atom. The summed E-state index contributed by atoms with van der Waals surface area (Å²) >= 11 is 0. The second-order valence-corrected chi connectivity index (χ2v) is 3.50. The number of hydrogen-bond donors (Lipinski definition) is 1. The van der Waals surface area contributed by atoms with Gasteiger partial charge in [-0.25, -0.2) is 0 Å². The van der Waals surface area contributed by atoms with Crippen LogP contribution < -0.4 is 10.7 Å². The summed E-state index contributed by atoms with van der Waals surface area (Å²) < 4.78 is 2.02. The van der Waals surface area contributed by atoms with Crippen LogP contribution in [0.1, 0.15) is 12.8 Å². The van der Waals surface area contributed by atoms with Crippen LogP contribution in [0.4, 0.5) is 0 Å². The number of nitrogens with one attached hydrogen (secondary N) is 1.